The average molecular weight is 499 g/mol. The Bertz CT molecular complexity index is 1490. The number of carbonyl (C=O) groups is 1. The van der Waals surface area contributed by atoms with Crippen LogP contribution in [0, 0.1) is 30.1 Å². The maximum absolute atomic E-state index is 13.6. The molecule has 10 heteroatoms. The Hall–Kier alpha value is -3.87. The minimum atomic E-state index is -4.74. The summed E-state index contributed by atoms with van der Waals surface area (Å²) in [4.78, 5) is 38.2. The van der Waals surface area contributed by atoms with Crippen molar-refractivity contribution in [3.8, 4) is 6.07 Å². The molecule has 0 aliphatic heterocycles. The summed E-state index contributed by atoms with van der Waals surface area (Å²) in [5, 5.41) is 19.0. The fraction of sp³-hybridized carbons (Fsp3) is 0.385. The van der Waals surface area contributed by atoms with Crippen LogP contribution >= 0.6 is 0 Å². The van der Waals surface area contributed by atoms with Gasteiger partial charge in [-0.3, -0.25) is 18.7 Å². The average Bonchev–Trinajstić information content (AvgIpc) is 2.83. The number of carboxylic acid groups (broad SMARTS) is 1. The predicted molar refractivity (Wildman–Crippen MR) is 126 cm³/mol. The number of halogens is 3. The number of alkyl halides is 3. The van der Waals surface area contributed by atoms with E-state index < -0.39 is 40.4 Å². The van der Waals surface area contributed by atoms with Crippen LogP contribution in [0.4, 0.5) is 13.2 Å². The number of aliphatic carboxylic acids is 1. The molecule has 1 aliphatic rings. The number of hydrogen-bond acceptors (Lipinski definition) is 4. The van der Waals surface area contributed by atoms with Crippen molar-refractivity contribution in [3.63, 3.8) is 0 Å². The van der Waals surface area contributed by atoms with E-state index >= 15 is 0 Å². The maximum Gasteiger partial charge on any atom is 0.417 e. The van der Waals surface area contributed by atoms with E-state index in [4.69, 9.17) is 0 Å². The van der Waals surface area contributed by atoms with Crippen LogP contribution in [-0.2, 0) is 24.1 Å². The zero-order chi connectivity index (χ0) is 26.2. The van der Waals surface area contributed by atoms with Gasteiger partial charge < -0.3 is 5.11 Å². The number of benzene rings is 2. The molecule has 1 N–H and O–H groups in total. The van der Waals surface area contributed by atoms with E-state index in [2.05, 4.69) is 0 Å². The van der Waals surface area contributed by atoms with E-state index in [0.29, 0.717) is 31.2 Å². The standard InChI is InChI=1S/C26H24F3N3O4/c1-15-4-2-7-21-22(15)23(33)32(13-16-8-10-17(11-9-16)24(34)35)25(36)31(21)14-18-5-3-6-20(19(18)12-30)26(27,28)29/h2-7,16-17H,8-11,13-14H2,1H3,(H,34,35)/t16-,17-. The van der Waals surface area contributed by atoms with E-state index in [1.807, 2.05) is 0 Å². The van der Waals surface area contributed by atoms with Gasteiger partial charge in [0.1, 0.15) is 6.07 Å². The van der Waals surface area contributed by atoms with Crippen molar-refractivity contribution in [1.29, 1.82) is 5.26 Å². The van der Waals surface area contributed by atoms with E-state index in [1.54, 1.807) is 31.2 Å². The fourth-order valence-corrected chi connectivity index (χ4v) is 5.06. The molecule has 0 unspecified atom stereocenters. The summed E-state index contributed by atoms with van der Waals surface area (Å²) in [5.74, 6) is -1.38. The highest BCUT2D eigenvalue weighted by Gasteiger charge is 2.34. The van der Waals surface area contributed by atoms with Crippen LogP contribution in [0.2, 0.25) is 0 Å². The molecule has 1 heterocycles. The van der Waals surface area contributed by atoms with Crippen LogP contribution in [-0.4, -0.2) is 20.2 Å². The quantitative estimate of drug-likeness (QED) is 0.564. The number of rotatable bonds is 5. The molecule has 7 nitrogen and oxygen atoms in total. The molecular weight excluding hydrogens is 475 g/mol. The molecular formula is C26H24F3N3O4. The molecule has 188 valence electrons. The Morgan fingerprint density at radius 2 is 1.75 bits per heavy atom. The molecule has 0 bridgehead atoms. The fourth-order valence-electron chi connectivity index (χ4n) is 5.06. The van der Waals surface area contributed by atoms with E-state index in [0.717, 1.165) is 10.6 Å². The van der Waals surface area contributed by atoms with Crippen molar-refractivity contribution >= 4 is 16.9 Å². The third-order valence-corrected chi connectivity index (χ3v) is 7.00. The van der Waals surface area contributed by atoms with Crippen molar-refractivity contribution < 1.29 is 23.1 Å². The molecule has 36 heavy (non-hydrogen) atoms. The Labute approximate surface area is 204 Å². The molecule has 2 aromatic carbocycles. The summed E-state index contributed by atoms with van der Waals surface area (Å²) in [6.45, 7) is 1.48. The maximum atomic E-state index is 13.6. The first-order chi connectivity index (χ1) is 17.0. The van der Waals surface area contributed by atoms with Gasteiger partial charge in [0, 0.05) is 6.54 Å². The predicted octanol–water partition coefficient (Wildman–Crippen LogP) is 4.30. The Balaban J connectivity index is 1.83. The van der Waals surface area contributed by atoms with Gasteiger partial charge in [0.15, 0.2) is 0 Å². The summed E-state index contributed by atoms with van der Waals surface area (Å²) in [6, 6.07) is 9.93. The second-order valence-corrected chi connectivity index (χ2v) is 9.26. The van der Waals surface area contributed by atoms with Gasteiger partial charge in [-0.2, -0.15) is 18.4 Å². The number of fused-ring (bicyclic) bond motifs is 1. The molecule has 0 amide bonds. The topological polar surface area (TPSA) is 105 Å². The van der Waals surface area contributed by atoms with Gasteiger partial charge in [-0.1, -0.05) is 24.3 Å². The summed E-state index contributed by atoms with van der Waals surface area (Å²) in [7, 11) is 0. The lowest BCUT2D eigenvalue weighted by Crippen LogP contribution is -2.42. The molecule has 4 rings (SSSR count). The first-order valence-corrected chi connectivity index (χ1v) is 11.6. The smallest absolute Gasteiger partial charge is 0.417 e. The highest BCUT2D eigenvalue weighted by Crippen LogP contribution is 2.33. The SMILES string of the molecule is Cc1cccc2c1c(=O)n(C[C@H]1CC[C@H](C(=O)O)CC1)c(=O)n2Cc1cccc(C(F)(F)F)c1C#N. The lowest BCUT2D eigenvalue weighted by Gasteiger charge is -2.26. The first kappa shape index (κ1) is 25.2. The highest BCUT2D eigenvalue weighted by atomic mass is 19.4. The van der Waals surface area contributed by atoms with E-state index in [9.17, 15) is 37.9 Å². The van der Waals surface area contributed by atoms with Crippen LogP contribution in [0.15, 0.2) is 46.0 Å². The molecule has 0 saturated heterocycles. The molecule has 3 aromatic rings. The van der Waals surface area contributed by atoms with Crippen LogP contribution in [0.1, 0.15) is 47.9 Å². The zero-order valence-corrected chi connectivity index (χ0v) is 19.5. The summed E-state index contributed by atoms with van der Waals surface area (Å²) >= 11 is 0. The van der Waals surface area contributed by atoms with Crippen molar-refractivity contribution in [2.45, 2.75) is 51.9 Å². The van der Waals surface area contributed by atoms with Gasteiger partial charge >= 0.3 is 17.8 Å². The van der Waals surface area contributed by atoms with E-state index in [1.165, 1.54) is 16.7 Å². The molecule has 1 saturated carbocycles. The second kappa shape index (κ2) is 9.64. The number of nitriles is 1. The van der Waals surface area contributed by atoms with Crippen LogP contribution in [0.3, 0.4) is 0 Å². The van der Waals surface area contributed by atoms with Gasteiger partial charge in [0.05, 0.1) is 34.5 Å². The number of aryl methyl sites for hydroxylation is 1. The minimum Gasteiger partial charge on any atom is -0.481 e. The third kappa shape index (κ3) is 4.65. The monoisotopic (exact) mass is 499 g/mol. The normalized spacial score (nSPS) is 18.2. The van der Waals surface area contributed by atoms with Crippen molar-refractivity contribution in [2.24, 2.45) is 11.8 Å². The number of hydrogen-bond donors (Lipinski definition) is 1. The lowest BCUT2D eigenvalue weighted by molar-refractivity contribution is -0.143. The van der Waals surface area contributed by atoms with Gasteiger partial charge in [-0.05, 0) is 61.8 Å². The third-order valence-electron chi connectivity index (χ3n) is 7.00. The second-order valence-electron chi connectivity index (χ2n) is 9.26. The van der Waals surface area contributed by atoms with Crippen molar-refractivity contribution in [2.75, 3.05) is 0 Å². The molecule has 0 radical (unpaired) electrons. The van der Waals surface area contributed by atoms with Crippen LogP contribution in [0.25, 0.3) is 10.9 Å². The molecule has 0 atom stereocenters. The van der Waals surface area contributed by atoms with Gasteiger partial charge in [-0.25, -0.2) is 4.79 Å². The molecule has 1 aliphatic carbocycles. The lowest BCUT2D eigenvalue weighted by atomic mass is 9.82. The highest BCUT2D eigenvalue weighted by molar-refractivity contribution is 5.81. The summed E-state index contributed by atoms with van der Waals surface area (Å²) < 4.78 is 42.8. The minimum absolute atomic E-state index is 0.0180. The summed E-state index contributed by atoms with van der Waals surface area (Å²) in [6.07, 6.45) is -2.75. The molecule has 0 spiro atoms. The van der Waals surface area contributed by atoms with Crippen LogP contribution < -0.4 is 11.2 Å². The van der Waals surface area contributed by atoms with Gasteiger partial charge in [-0.15, -0.1) is 0 Å². The number of aromatic nitrogens is 2. The Kier molecular flexibility index (Phi) is 6.76. The van der Waals surface area contributed by atoms with Gasteiger partial charge in [0.2, 0.25) is 0 Å². The molecule has 1 fully saturated rings. The number of nitrogens with zero attached hydrogens (tertiary/aromatic N) is 3. The first-order valence-electron chi connectivity index (χ1n) is 11.6. The largest absolute Gasteiger partial charge is 0.481 e. The zero-order valence-electron chi connectivity index (χ0n) is 19.5. The van der Waals surface area contributed by atoms with Gasteiger partial charge in [0.25, 0.3) is 5.56 Å². The Morgan fingerprint density at radius 1 is 1.08 bits per heavy atom. The van der Waals surface area contributed by atoms with Crippen LogP contribution in [0.5, 0.6) is 0 Å². The molecule has 1 aromatic heterocycles. The summed E-state index contributed by atoms with van der Waals surface area (Å²) in [5.41, 5.74) is -1.92. The van der Waals surface area contributed by atoms with Crippen molar-refractivity contribution in [3.05, 3.63) is 79.5 Å². The number of carboxylic acids is 1. The van der Waals surface area contributed by atoms with E-state index in [-0.39, 0.29) is 35.5 Å². The van der Waals surface area contributed by atoms with Crippen molar-refractivity contribution in [1.82, 2.24) is 9.13 Å². The Morgan fingerprint density at radius 3 is 2.36 bits per heavy atom.